The van der Waals surface area contributed by atoms with Crippen molar-refractivity contribution in [3.63, 3.8) is 0 Å². The van der Waals surface area contributed by atoms with Crippen LogP contribution in [0, 0.1) is 0 Å². The van der Waals surface area contributed by atoms with Gasteiger partial charge in [0.25, 0.3) is 5.91 Å². The molecule has 118 valence electrons. The van der Waals surface area contributed by atoms with Crippen LogP contribution in [0.15, 0.2) is 30.3 Å². The fraction of sp³-hybridized carbons (Fsp3) is 0.333. The van der Waals surface area contributed by atoms with Crippen molar-refractivity contribution in [3.8, 4) is 11.3 Å². The molecule has 22 heavy (non-hydrogen) atoms. The van der Waals surface area contributed by atoms with Crippen LogP contribution in [0.4, 0.5) is 0 Å². The number of hydrogen-bond donors (Lipinski definition) is 2. The molecule has 1 amide bonds. The second-order valence-electron chi connectivity index (χ2n) is 5.30. The number of piperidine rings is 1. The molecule has 0 aliphatic carbocycles. The lowest BCUT2D eigenvalue weighted by molar-refractivity contribution is 0.0703. The summed E-state index contributed by atoms with van der Waals surface area (Å²) >= 11 is 6.15. The van der Waals surface area contributed by atoms with E-state index in [0.29, 0.717) is 23.0 Å². The topological polar surface area (TPSA) is 75.0 Å². The van der Waals surface area contributed by atoms with Gasteiger partial charge in [-0.3, -0.25) is 9.89 Å². The summed E-state index contributed by atoms with van der Waals surface area (Å²) < 4.78 is 0. The first kappa shape index (κ1) is 16.8. The minimum absolute atomic E-state index is 0. The van der Waals surface area contributed by atoms with Gasteiger partial charge < -0.3 is 10.6 Å². The highest BCUT2D eigenvalue weighted by atomic mass is 35.5. The summed E-state index contributed by atoms with van der Waals surface area (Å²) in [7, 11) is 0. The normalized spacial score (nSPS) is 17.9. The van der Waals surface area contributed by atoms with E-state index in [0.717, 1.165) is 24.9 Å². The first-order valence-electron chi connectivity index (χ1n) is 7.00. The number of carbonyl (C=O) groups is 1. The summed E-state index contributed by atoms with van der Waals surface area (Å²) in [6.45, 7) is 1.34. The van der Waals surface area contributed by atoms with Gasteiger partial charge in [0, 0.05) is 24.7 Å². The zero-order valence-electron chi connectivity index (χ0n) is 12.0. The lowest BCUT2D eigenvalue weighted by Crippen LogP contribution is -2.45. The Labute approximate surface area is 140 Å². The highest BCUT2D eigenvalue weighted by molar-refractivity contribution is 6.33. The summed E-state index contributed by atoms with van der Waals surface area (Å²) in [4.78, 5) is 14.2. The second kappa shape index (κ2) is 7.13. The molecule has 1 aliphatic heterocycles. The Kier molecular flexibility index (Phi) is 5.45. The number of hydrogen-bond acceptors (Lipinski definition) is 3. The van der Waals surface area contributed by atoms with E-state index in [2.05, 4.69) is 10.2 Å². The van der Waals surface area contributed by atoms with Crippen molar-refractivity contribution in [1.29, 1.82) is 0 Å². The summed E-state index contributed by atoms with van der Waals surface area (Å²) in [5.74, 6) is -0.0593. The van der Waals surface area contributed by atoms with Crippen LogP contribution in [0.5, 0.6) is 0 Å². The Morgan fingerprint density at radius 3 is 2.91 bits per heavy atom. The molecule has 1 fully saturated rings. The largest absolute Gasteiger partial charge is 0.336 e. The van der Waals surface area contributed by atoms with E-state index < -0.39 is 0 Å². The van der Waals surface area contributed by atoms with Crippen molar-refractivity contribution in [2.24, 2.45) is 5.73 Å². The van der Waals surface area contributed by atoms with Gasteiger partial charge in [-0.15, -0.1) is 12.4 Å². The molecule has 1 aromatic heterocycles. The molecule has 3 N–H and O–H groups in total. The number of rotatable bonds is 2. The molecule has 2 aromatic rings. The Bertz CT molecular complexity index is 658. The molecule has 2 heterocycles. The van der Waals surface area contributed by atoms with E-state index >= 15 is 0 Å². The molecule has 1 aromatic carbocycles. The van der Waals surface area contributed by atoms with Gasteiger partial charge in [0.15, 0.2) is 0 Å². The zero-order chi connectivity index (χ0) is 14.8. The van der Waals surface area contributed by atoms with Gasteiger partial charge in [-0.1, -0.05) is 29.8 Å². The molecule has 7 heteroatoms. The van der Waals surface area contributed by atoms with Crippen molar-refractivity contribution in [2.45, 2.75) is 18.9 Å². The van der Waals surface area contributed by atoms with Crippen LogP contribution in [-0.4, -0.2) is 40.1 Å². The van der Waals surface area contributed by atoms with E-state index in [1.165, 1.54) is 0 Å². The van der Waals surface area contributed by atoms with Gasteiger partial charge in [0.2, 0.25) is 0 Å². The van der Waals surface area contributed by atoms with Crippen LogP contribution < -0.4 is 5.73 Å². The number of nitrogens with zero attached hydrogens (tertiary/aromatic N) is 2. The molecule has 3 rings (SSSR count). The maximum absolute atomic E-state index is 12.4. The number of halogens is 2. The Hall–Kier alpha value is -1.56. The summed E-state index contributed by atoms with van der Waals surface area (Å²) in [6.07, 6.45) is 1.91. The van der Waals surface area contributed by atoms with E-state index in [1.807, 2.05) is 18.2 Å². The predicted octanol–water partition coefficient (Wildman–Crippen LogP) is 2.72. The summed E-state index contributed by atoms with van der Waals surface area (Å²) in [6, 6.07) is 9.23. The third-order valence-electron chi connectivity index (χ3n) is 3.70. The Morgan fingerprint density at radius 1 is 1.41 bits per heavy atom. The van der Waals surface area contributed by atoms with Crippen LogP contribution in [0.25, 0.3) is 11.3 Å². The first-order chi connectivity index (χ1) is 10.1. The highest BCUT2D eigenvalue weighted by Gasteiger charge is 2.24. The van der Waals surface area contributed by atoms with Gasteiger partial charge in [-0.25, -0.2) is 0 Å². The van der Waals surface area contributed by atoms with Crippen molar-refractivity contribution in [2.75, 3.05) is 13.1 Å². The zero-order valence-corrected chi connectivity index (χ0v) is 13.5. The third kappa shape index (κ3) is 3.43. The number of likely N-dealkylation sites (tertiary alicyclic amines) is 1. The number of H-pyrrole nitrogens is 1. The molecule has 0 saturated carbocycles. The van der Waals surface area contributed by atoms with Crippen molar-refractivity contribution in [1.82, 2.24) is 15.1 Å². The minimum atomic E-state index is -0.0593. The van der Waals surface area contributed by atoms with Crippen LogP contribution in [-0.2, 0) is 0 Å². The fourth-order valence-electron chi connectivity index (χ4n) is 2.60. The Balaban J connectivity index is 0.00000176. The fourth-order valence-corrected chi connectivity index (χ4v) is 2.84. The van der Waals surface area contributed by atoms with Crippen LogP contribution in [0.2, 0.25) is 5.02 Å². The molecule has 1 unspecified atom stereocenters. The lowest BCUT2D eigenvalue weighted by atomic mass is 10.1. The van der Waals surface area contributed by atoms with E-state index in [1.54, 1.807) is 17.0 Å². The molecule has 0 spiro atoms. The maximum Gasteiger partial charge on any atom is 0.271 e. The van der Waals surface area contributed by atoms with Gasteiger partial charge in [-0.2, -0.15) is 5.10 Å². The Morgan fingerprint density at radius 2 is 2.18 bits per heavy atom. The average Bonchev–Trinajstić information content (AvgIpc) is 2.96. The number of nitrogens with one attached hydrogen (secondary N) is 1. The number of nitrogens with two attached hydrogens (primary N) is 1. The predicted molar refractivity (Wildman–Crippen MR) is 89.4 cm³/mol. The van der Waals surface area contributed by atoms with Crippen LogP contribution in [0.3, 0.4) is 0 Å². The van der Waals surface area contributed by atoms with E-state index in [9.17, 15) is 4.79 Å². The molecule has 0 radical (unpaired) electrons. The van der Waals surface area contributed by atoms with Crippen molar-refractivity contribution in [3.05, 3.63) is 41.0 Å². The molecule has 1 aliphatic rings. The van der Waals surface area contributed by atoms with Crippen LogP contribution >= 0.6 is 24.0 Å². The smallest absolute Gasteiger partial charge is 0.271 e. The summed E-state index contributed by atoms with van der Waals surface area (Å²) in [5, 5.41) is 7.61. The number of aromatic amines is 1. The average molecular weight is 341 g/mol. The molecular formula is C15H18Cl2N4O. The van der Waals surface area contributed by atoms with Gasteiger partial charge >= 0.3 is 0 Å². The molecule has 1 atom stereocenters. The number of benzene rings is 1. The van der Waals surface area contributed by atoms with E-state index in [-0.39, 0.29) is 24.4 Å². The molecule has 5 nitrogen and oxygen atoms in total. The van der Waals surface area contributed by atoms with Crippen molar-refractivity contribution < 1.29 is 4.79 Å². The van der Waals surface area contributed by atoms with E-state index in [4.69, 9.17) is 17.3 Å². The molecule has 1 saturated heterocycles. The van der Waals surface area contributed by atoms with Gasteiger partial charge in [-0.05, 0) is 25.0 Å². The second-order valence-corrected chi connectivity index (χ2v) is 5.71. The first-order valence-corrected chi connectivity index (χ1v) is 7.38. The number of carbonyl (C=O) groups excluding carboxylic acids is 1. The van der Waals surface area contributed by atoms with Crippen LogP contribution in [0.1, 0.15) is 23.3 Å². The molecular weight excluding hydrogens is 323 g/mol. The third-order valence-corrected chi connectivity index (χ3v) is 4.03. The highest BCUT2D eigenvalue weighted by Crippen LogP contribution is 2.26. The minimum Gasteiger partial charge on any atom is -0.336 e. The summed E-state index contributed by atoms with van der Waals surface area (Å²) in [5.41, 5.74) is 7.87. The SMILES string of the molecule is Cl.NC1CCCN(C(=O)c2cc(-c3ccccc3Cl)n[nH]2)C1. The number of aromatic nitrogens is 2. The van der Waals surface area contributed by atoms with Crippen molar-refractivity contribution >= 4 is 29.9 Å². The number of amides is 1. The van der Waals surface area contributed by atoms with Gasteiger partial charge in [0.05, 0.1) is 10.7 Å². The quantitative estimate of drug-likeness (QED) is 0.882. The molecule has 0 bridgehead atoms. The monoisotopic (exact) mass is 340 g/mol. The maximum atomic E-state index is 12.4. The van der Waals surface area contributed by atoms with Gasteiger partial charge in [0.1, 0.15) is 5.69 Å². The lowest BCUT2D eigenvalue weighted by Gasteiger charge is -2.30. The standard InChI is InChI=1S/C15H17ClN4O.ClH/c16-12-6-2-1-5-11(12)13-8-14(19-18-13)15(21)20-7-3-4-10(17)9-20;/h1-2,5-6,8,10H,3-4,7,9,17H2,(H,18,19);1H.